The number of aryl methyl sites for hydroxylation is 1. The molecule has 18 heavy (non-hydrogen) atoms. The Morgan fingerprint density at radius 2 is 1.83 bits per heavy atom. The van der Waals surface area contributed by atoms with Crippen LogP contribution in [-0.2, 0) is 0 Å². The number of H-pyrrole nitrogens is 1. The van der Waals surface area contributed by atoms with E-state index >= 15 is 0 Å². The molecule has 0 unspecified atom stereocenters. The van der Waals surface area contributed by atoms with Gasteiger partial charge >= 0.3 is 0 Å². The summed E-state index contributed by atoms with van der Waals surface area (Å²) in [5.41, 5.74) is 0.938. The molecule has 102 valence electrons. The van der Waals surface area contributed by atoms with Gasteiger partial charge in [0.05, 0.1) is 0 Å². The predicted molar refractivity (Wildman–Crippen MR) is 83.2 cm³/mol. The van der Waals surface area contributed by atoms with Crippen LogP contribution in [0.3, 0.4) is 0 Å². The van der Waals surface area contributed by atoms with Crippen LogP contribution in [0.25, 0.3) is 12.2 Å². The van der Waals surface area contributed by atoms with Gasteiger partial charge in [0, 0.05) is 22.3 Å². The second-order valence-electron chi connectivity index (χ2n) is 3.16. The zero-order valence-electron chi connectivity index (χ0n) is 12.6. The van der Waals surface area contributed by atoms with Crippen molar-refractivity contribution in [2.75, 3.05) is 0 Å². The van der Waals surface area contributed by atoms with Crippen molar-refractivity contribution in [3.63, 3.8) is 0 Å². The second kappa shape index (κ2) is 11.9. The molecule has 0 spiro atoms. The summed E-state index contributed by atoms with van der Waals surface area (Å²) in [5.74, 6) is 0. The zero-order chi connectivity index (χ0) is 14.6. The molecule has 1 heterocycles. The van der Waals surface area contributed by atoms with Crippen LogP contribution in [0.2, 0.25) is 0 Å². The minimum Gasteiger partial charge on any atom is -0.358 e. The van der Waals surface area contributed by atoms with Gasteiger partial charge < -0.3 is 4.98 Å². The van der Waals surface area contributed by atoms with Crippen molar-refractivity contribution in [3.8, 4) is 0 Å². The standard InChI is InChI=1S/C12H15NO.2C2H6/c1-4-6-10-11(7-5-2)13-9(3)8-12(10)14;2*1-2/h5-8,13H,2,4H2,1,3H3;2*1-2H3/b10-6+,11-7+;;. The van der Waals surface area contributed by atoms with Crippen LogP contribution in [0, 0.1) is 6.92 Å². The van der Waals surface area contributed by atoms with Crippen molar-refractivity contribution in [1.29, 1.82) is 0 Å². The fourth-order valence-corrected chi connectivity index (χ4v) is 1.39. The maximum Gasteiger partial charge on any atom is 0.189 e. The first-order valence-corrected chi connectivity index (χ1v) is 6.72. The van der Waals surface area contributed by atoms with E-state index in [4.69, 9.17) is 0 Å². The number of hydrogen-bond donors (Lipinski definition) is 1. The van der Waals surface area contributed by atoms with E-state index in [-0.39, 0.29) is 5.43 Å². The molecule has 0 aromatic carbocycles. The SMILES string of the molecule is C=C/C=c1/[nH]c(C)cc(=O)/c1=C/CC.CC.CC. The highest BCUT2D eigenvalue weighted by atomic mass is 16.1. The molecule has 1 aromatic heterocycles. The van der Waals surface area contributed by atoms with Crippen molar-refractivity contribution in [2.45, 2.75) is 48.0 Å². The van der Waals surface area contributed by atoms with Crippen LogP contribution < -0.4 is 16.0 Å². The number of nitrogens with one attached hydrogen (secondary N) is 1. The molecule has 0 radical (unpaired) electrons. The van der Waals surface area contributed by atoms with Gasteiger partial charge in [-0.1, -0.05) is 53.3 Å². The molecule has 0 aliphatic carbocycles. The van der Waals surface area contributed by atoms with Gasteiger partial charge in [0.15, 0.2) is 5.43 Å². The lowest BCUT2D eigenvalue weighted by molar-refractivity contribution is 1.10. The summed E-state index contributed by atoms with van der Waals surface area (Å²) in [6.07, 6.45) is 6.27. The normalized spacial score (nSPS) is 11.0. The van der Waals surface area contributed by atoms with Gasteiger partial charge in [-0.2, -0.15) is 0 Å². The number of pyridine rings is 1. The molecule has 0 bridgehead atoms. The Morgan fingerprint density at radius 3 is 2.28 bits per heavy atom. The highest BCUT2D eigenvalue weighted by Gasteiger charge is 1.92. The Labute approximate surface area is 111 Å². The van der Waals surface area contributed by atoms with Crippen molar-refractivity contribution >= 4 is 12.2 Å². The Kier molecular flexibility index (Phi) is 12.4. The van der Waals surface area contributed by atoms with E-state index < -0.39 is 0 Å². The topological polar surface area (TPSA) is 32.9 Å². The third-order valence-electron chi connectivity index (χ3n) is 1.93. The quantitative estimate of drug-likeness (QED) is 0.859. The van der Waals surface area contributed by atoms with Crippen LogP contribution in [0.15, 0.2) is 23.5 Å². The molecule has 0 aliphatic rings. The van der Waals surface area contributed by atoms with Crippen LogP contribution in [-0.4, -0.2) is 4.98 Å². The van der Waals surface area contributed by atoms with E-state index in [1.807, 2.05) is 53.7 Å². The maximum absolute atomic E-state index is 11.6. The average molecular weight is 249 g/mol. The Hall–Kier alpha value is -1.57. The fourth-order valence-electron chi connectivity index (χ4n) is 1.39. The highest BCUT2D eigenvalue weighted by molar-refractivity contribution is 5.36. The Bertz CT molecular complexity index is 495. The molecular weight excluding hydrogens is 222 g/mol. The third-order valence-corrected chi connectivity index (χ3v) is 1.93. The van der Waals surface area contributed by atoms with Crippen LogP contribution in [0.5, 0.6) is 0 Å². The molecule has 2 heteroatoms. The van der Waals surface area contributed by atoms with Crippen molar-refractivity contribution in [1.82, 2.24) is 4.98 Å². The third kappa shape index (κ3) is 6.24. The zero-order valence-corrected chi connectivity index (χ0v) is 12.6. The summed E-state index contributed by atoms with van der Waals surface area (Å²) in [5, 5.41) is 1.57. The molecule has 1 rings (SSSR count). The molecule has 1 N–H and O–H groups in total. The monoisotopic (exact) mass is 249 g/mol. The van der Waals surface area contributed by atoms with E-state index in [9.17, 15) is 4.79 Å². The van der Waals surface area contributed by atoms with Gasteiger partial charge in [-0.25, -0.2) is 0 Å². The molecule has 0 saturated heterocycles. The minimum absolute atomic E-state index is 0.0659. The molecule has 2 nitrogen and oxygen atoms in total. The lowest BCUT2D eigenvalue weighted by atomic mass is 10.2. The largest absolute Gasteiger partial charge is 0.358 e. The lowest BCUT2D eigenvalue weighted by Gasteiger charge is -1.94. The summed E-state index contributed by atoms with van der Waals surface area (Å²) < 4.78 is 0. The predicted octanol–water partition coefficient (Wildman–Crippen LogP) is 2.89. The lowest BCUT2D eigenvalue weighted by Crippen LogP contribution is -2.41. The summed E-state index contributed by atoms with van der Waals surface area (Å²) >= 11 is 0. The Morgan fingerprint density at radius 1 is 1.28 bits per heavy atom. The first-order chi connectivity index (χ1) is 8.69. The van der Waals surface area contributed by atoms with Gasteiger partial charge in [0.1, 0.15) is 0 Å². The second-order valence-corrected chi connectivity index (χ2v) is 3.16. The van der Waals surface area contributed by atoms with Gasteiger partial charge in [0.2, 0.25) is 0 Å². The van der Waals surface area contributed by atoms with Crippen molar-refractivity contribution in [2.24, 2.45) is 0 Å². The molecule has 0 aliphatic heterocycles. The first-order valence-electron chi connectivity index (χ1n) is 6.72. The number of aromatic nitrogens is 1. The van der Waals surface area contributed by atoms with Gasteiger partial charge in [-0.05, 0) is 19.4 Å². The molecule has 1 aromatic rings. The van der Waals surface area contributed by atoms with Crippen LogP contribution >= 0.6 is 0 Å². The molecule has 0 atom stereocenters. The van der Waals surface area contributed by atoms with Crippen molar-refractivity contribution in [3.05, 3.63) is 45.2 Å². The highest BCUT2D eigenvalue weighted by Crippen LogP contribution is 1.78. The van der Waals surface area contributed by atoms with E-state index in [0.717, 1.165) is 22.7 Å². The summed E-state index contributed by atoms with van der Waals surface area (Å²) in [7, 11) is 0. The van der Waals surface area contributed by atoms with Gasteiger partial charge in [-0.3, -0.25) is 4.79 Å². The summed E-state index contributed by atoms with van der Waals surface area (Å²) in [6.45, 7) is 15.5. The Balaban J connectivity index is 0. The molecule has 0 amide bonds. The van der Waals surface area contributed by atoms with E-state index in [1.54, 1.807) is 12.1 Å². The van der Waals surface area contributed by atoms with E-state index in [1.165, 1.54) is 0 Å². The van der Waals surface area contributed by atoms with E-state index in [0.29, 0.717) is 0 Å². The average Bonchev–Trinajstić information content (AvgIpc) is 2.39. The smallest absolute Gasteiger partial charge is 0.189 e. The molecule has 0 fully saturated rings. The minimum atomic E-state index is 0.0659. The number of hydrogen-bond acceptors (Lipinski definition) is 1. The van der Waals surface area contributed by atoms with E-state index in [2.05, 4.69) is 11.6 Å². The number of rotatable bonds is 2. The molecule has 0 saturated carbocycles. The maximum atomic E-state index is 11.6. The van der Waals surface area contributed by atoms with Gasteiger partial charge in [0.25, 0.3) is 0 Å². The first kappa shape index (κ1) is 18.8. The van der Waals surface area contributed by atoms with Crippen LogP contribution in [0.4, 0.5) is 0 Å². The van der Waals surface area contributed by atoms with Crippen molar-refractivity contribution < 1.29 is 0 Å². The summed E-state index contributed by atoms with van der Waals surface area (Å²) in [6, 6.07) is 1.61. The van der Waals surface area contributed by atoms with Crippen LogP contribution in [0.1, 0.15) is 46.7 Å². The fraction of sp³-hybridized carbons (Fsp3) is 0.438. The van der Waals surface area contributed by atoms with Gasteiger partial charge in [-0.15, -0.1) is 0 Å². The summed E-state index contributed by atoms with van der Waals surface area (Å²) in [4.78, 5) is 14.8. The molecular formula is C16H27NO. The number of allylic oxidation sites excluding steroid dienone is 1. The number of aromatic amines is 1.